The number of rotatable bonds is 4. The lowest BCUT2D eigenvalue weighted by Gasteiger charge is -2.15. The van der Waals surface area contributed by atoms with E-state index in [2.05, 4.69) is 15.4 Å². The zero-order chi connectivity index (χ0) is 21.3. The molecule has 0 unspecified atom stereocenters. The summed E-state index contributed by atoms with van der Waals surface area (Å²) in [5.74, 6) is -0.815. The maximum absolute atomic E-state index is 13.2. The van der Waals surface area contributed by atoms with Gasteiger partial charge in [0.25, 0.3) is 5.56 Å². The third kappa shape index (κ3) is 3.42. The number of nitrogens with zero attached hydrogens (tertiary/aromatic N) is 5. The molecule has 4 aromatic rings. The van der Waals surface area contributed by atoms with Crippen molar-refractivity contribution in [1.29, 1.82) is 5.26 Å². The molecular formula is C21H15FN6O2. The Bertz CT molecular complexity index is 1350. The minimum atomic E-state index is -0.852. The number of aromatic nitrogens is 4. The Hall–Kier alpha value is -4.32. The molecule has 0 saturated carbocycles. The van der Waals surface area contributed by atoms with E-state index in [1.54, 1.807) is 31.2 Å². The minimum absolute atomic E-state index is 0.230. The zero-order valence-corrected chi connectivity index (χ0v) is 15.8. The molecule has 0 saturated heterocycles. The van der Waals surface area contributed by atoms with Crippen molar-refractivity contribution in [3.63, 3.8) is 0 Å². The van der Waals surface area contributed by atoms with E-state index in [0.29, 0.717) is 22.6 Å². The smallest absolute Gasteiger partial charge is 0.265 e. The zero-order valence-electron chi connectivity index (χ0n) is 15.8. The summed E-state index contributed by atoms with van der Waals surface area (Å²) in [7, 11) is 0. The number of anilines is 1. The Kier molecular flexibility index (Phi) is 4.82. The highest BCUT2D eigenvalue weighted by molar-refractivity contribution is 5.93. The Labute approximate surface area is 169 Å². The van der Waals surface area contributed by atoms with Crippen LogP contribution < -0.4 is 10.9 Å². The number of nitrogens with one attached hydrogen (secondary N) is 1. The monoisotopic (exact) mass is 402 g/mol. The summed E-state index contributed by atoms with van der Waals surface area (Å²) < 4.78 is 15.8. The minimum Gasteiger partial charge on any atom is -0.324 e. The van der Waals surface area contributed by atoms with E-state index >= 15 is 0 Å². The lowest BCUT2D eigenvalue weighted by molar-refractivity contribution is -0.118. The van der Waals surface area contributed by atoms with E-state index in [-0.39, 0.29) is 11.2 Å². The molecule has 2 aromatic carbocycles. The van der Waals surface area contributed by atoms with E-state index in [0.717, 1.165) is 0 Å². The number of amides is 1. The van der Waals surface area contributed by atoms with E-state index in [1.807, 2.05) is 6.07 Å². The van der Waals surface area contributed by atoms with Crippen LogP contribution in [0.1, 0.15) is 18.5 Å². The second-order valence-corrected chi connectivity index (χ2v) is 6.58. The Morgan fingerprint density at radius 3 is 2.73 bits per heavy atom. The number of carbonyl (C=O) groups is 1. The number of benzene rings is 2. The van der Waals surface area contributed by atoms with Crippen molar-refractivity contribution in [3.05, 3.63) is 82.8 Å². The largest absolute Gasteiger partial charge is 0.324 e. The van der Waals surface area contributed by atoms with Gasteiger partial charge in [0.2, 0.25) is 5.91 Å². The SMILES string of the molecule is C[C@H](C(=O)Nc1cccc(C#N)c1)n1cnc2c(cnn2-c2ccc(F)cc2)c1=O. The summed E-state index contributed by atoms with van der Waals surface area (Å²) in [5, 5.41) is 16.1. The molecule has 1 atom stereocenters. The van der Waals surface area contributed by atoms with Gasteiger partial charge in [-0.25, -0.2) is 14.1 Å². The van der Waals surface area contributed by atoms with Crippen molar-refractivity contribution in [2.45, 2.75) is 13.0 Å². The molecule has 1 N–H and O–H groups in total. The van der Waals surface area contributed by atoms with Crippen molar-refractivity contribution in [1.82, 2.24) is 19.3 Å². The molecule has 0 bridgehead atoms. The molecule has 1 amide bonds. The van der Waals surface area contributed by atoms with E-state index in [9.17, 15) is 14.0 Å². The first-order chi connectivity index (χ1) is 14.5. The van der Waals surface area contributed by atoms with Gasteiger partial charge in [-0.15, -0.1) is 0 Å². The van der Waals surface area contributed by atoms with Crippen molar-refractivity contribution in [2.75, 3.05) is 5.32 Å². The third-order valence-corrected chi connectivity index (χ3v) is 4.64. The van der Waals surface area contributed by atoms with Crippen LogP contribution in [0.3, 0.4) is 0 Å². The molecule has 0 aliphatic rings. The van der Waals surface area contributed by atoms with Gasteiger partial charge in [-0.2, -0.15) is 10.4 Å². The molecule has 148 valence electrons. The maximum atomic E-state index is 13.2. The topological polar surface area (TPSA) is 106 Å². The normalized spacial score (nSPS) is 11.8. The highest BCUT2D eigenvalue weighted by Gasteiger charge is 2.20. The van der Waals surface area contributed by atoms with Gasteiger partial charge in [0.1, 0.15) is 23.6 Å². The molecule has 4 rings (SSSR count). The van der Waals surface area contributed by atoms with Gasteiger partial charge in [0.05, 0.1) is 23.5 Å². The fourth-order valence-electron chi connectivity index (χ4n) is 3.01. The molecule has 9 heteroatoms. The molecule has 2 heterocycles. The van der Waals surface area contributed by atoms with Crippen molar-refractivity contribution in [3.8, 4) is 11.8 Å². The van der Waals surface area contributed by atoms with Gasteiger partial charge in [-0.05, 0) is 49.4 Å². The van der Waals surface area contributed by atoms with Crippen molar-refractivity contribution >= 4 is 22.6 Å². The van der Waals surface area contributed by atoms with Gasteiger partial charge in [-0.1, -0.05) is 6.07 Å². The van der Waals surface area contributed by atoms with E-state index in [1.165, 1.54) is 46.0 Å². The number of halogens is 1. The summed E-state index contributed by atoms with van der Waals surface area (Å²) in [6.07, 6.45) is 2.65. The molecular weight excluding hydrogens is 387 g/mol. The fourth-order valence-corrected chi connectivity index (χ4v) is 3.01. The van der Waals surface area contributed by atoms with Crippen LogP contribution in [0.15, 0.2) is 65.8 Å². The molecule has 8 nitrogen and oxygen atoms in total. The first-order valence-electron chi connectivity index (χ1n) is 9.00. The summed E-state index contributed by atoms with van der Waals surface area (Å²) in [5.41, 5.74) is 1.30. The standard InChI is InChI=1S/C21H15FN6O2/c1-13(20(29)26-16-4-2-3-14(9-16)10-23)27-12-24-19-18(21(27)30)11-25-28(19)17-7-5-15(22)6-8-17/h2-9,11-13H,1H3,(H,26,29)/t13-/m1/s1. The lowest BCUT2D eigenvalue weighted by Crippen LogP contribution is -2.31. The second kappa shape index (κ2) is 7.60. The highest BCUT2D eigenvalue weighted by atomic mass is 19.1. The number of fused-ring (bicyclic) bond motifs is 1. The van der Waals surface area contributed by atoms with Gasteiger partial charge < -0.3 is 5.32 Å². The van der Waals surface area contributed by atoms with Crippen LogP contribution >= 0.6 is 0 Å². The Morgan fingerprint density at radius 2 is 2.00 bits per heavy atom. The highest BCUT2D eigenvalue weighted by Crippen LogP contribution is 2.16. The summed E-state index contributed by atoms with van der Waals surface area (Å²) in [4.78, 5) is 29.8. The lowest BCUT2D eigenvalue weighted by atomic mass is 10.2. The molecule has 30 heavy (non-hydrogen) atoms. The van der Waals surface area contributed by atoms with Gasteiger partial charge in [0.15, 0.2) is 5.65 Å². The number of nitriles is 1. The van der Waals surface area contributed by atoms with Crippen LogP contribution in [-0.4, -0.2) is 25.2 Å². The Morgan fingerprint density at radius 1 is 1.23 bits per heavy atom. The van der Waals surface area contributed by atoms with Gasteiger partial charge in [-0.3, -0.25) is 14.2 Å². The third-order valence-electron chi connectivity index (χ3n) is 4.64. The predicted molar refractivity (Wildman–Crippen MR) is 108 cm³/mol. The fraction of sp³-hybridized carbons (Fsp3) is 0.0952. The van der Waals surface area contributed by atoms with E-state index < -0.39 is 17.5 Å². The molecule has 0 aliphatic carbocycles. The number of carbonyl (C=O) groups excluding carboxylic acids is 1. The average molecular weight is 402 g/mol. The van der Waals surface area contributed by atoms with Crippen molar-refractivity contribution < 1.29 is 9.18 Å². The molecule has 0 spiro atoms. The number of hydrogen-bond acceptors (Lipinski definition) is 5. The van der Waals surface area contributed by atoms with Crippen LogP contribution in [-0.2, 0) is 4.79 Å². The molecule has 0 fully saturated rings. The number of hydrogen-bond donors (Lipinski definition) is 1. The molecule has 0 aliphatic heterocycles. The Balaban J connectivity index is 1.65. The van der Waals surface area contributed by atoms with Crippen molar-refractivity contribution in [2.24, 2.45) is 0 Å². The van der Waals surface area contributed by atoms with Crippen LogP contribution in [0, 0.1) is 17.1 Å². The van der Waals surface area contributed by atoms with Crippen LogP contribution in [0.5, 0.6) is 0 Å². The molecule has 0 radical (unpaired) electrons. The van der Waals surface area contributed by atoms with Crippen LogP contribution in [0.2, 0.25) is 0 Å². The van der Waals surface area contributed by atoms with Gasteiger partial charge >= 0.3 is 0 Å². The predicted octanol–water partition coefficient (Wildman–Crippen LogP) is 2.79. The van der Waals surface area contributed by atoms with Gasteiger partial charge in [0, 0.05) is 5.69 Å². The maximum Gasteiger partial charge on any atom is 0.265 e. The summed E-state index contributed by atoms with van der Waals surface area (Å²) in [6, 6.07) is 13.3. The molecule has 2 aromatic heterocycles. The quantitative estimate of drug-likeness (QED) is 0.565. The van der Waals surface area contributed by atoms with Crippen LogP contribution in [0.25, 0.3) is 16.7 Å². The van der Waals surface area contributed by atoms with E-state index in [4.69, 9.17) is 5.26 Å². The average Bonchev–Trinajstić information content (AvgIpc) is 3.19. The second-order valence-electron chi connectivity index (χ2n) is 6.58. The first kappa shape index (κ1) is 19.0. The first-order valence-corrected chi connectivity index (χ1v) is 9.00. The summed E-state index contributed by atoms with van der Waals surface area (Å²) >= 11 is 0. The van der Waals surface area contributed by atoms with Crippen LogP contribution in [0.4, 0.5) is 10.1 Å². The summed E-state index contributed by atoms with van der Waals surface area (Å²) in [6.45, 7) is 1.57.